The van der Waals surface area contributed by atoms with E-state index in [0.29, 0.717) is 32.7 Å². The van der Waals surface area contributed by atoms with Gasteiger partial charge in [0.25, 0.3) is 0 Å². The van der Waals surface area contributed by atoms with Crippen molar-refractivity contribution in [1.82, 2.24) is 10.6 Å². The molecule has 0 heterocycles. The smallest absolute Gasteiger partial charge is 0.221 e. The normalized spacial score (nSPS) is 10.5. The van der Waals surface area contributed by atoms with Gasteiger partial charge in [-0.3, -0.25) is 4.79 Å². The van der Waals surface area contributed by atoms with Gasteiger partial charge in [-0.2, -0.15) is 0 Å². The molecule has 2 N–H and O–H groups in total. The fraction of sp³-hybridized carbons (Fsp3) is 0.462. The Morgan fingerprint density at radius 2 is 2.21 bits per heavy atom. The van der Waals surface area contributed by atoms with E-state index in [1.165, 1.54) is 6.07 Å². The molecule has 0 saturated carbocycles. The fourth-order valence-corrected chi connectivity index (χ4v) is 1.67. The zero-order valence-corrected chi connectivity index (χ0v) is 11.6. The summed E-state index contributed by atoms with van der Waals surface area (Å²) in [4.78, 5) is 11.4. The number of amides is 1. The first-order chi connectivity index (χ1) is 9.13. The Morgan fingerprint density at radius 3 is 2.89 bits per heavy atom. The number of ether oxygens (including phenoxy) is 1. The van der Waals surface area contributed by atoms with Crippen LogP contribution in [0.4, 0.5) is 4.39 Å². The van der Waals surface area contributed by atoms with Crippen LogP contribution in [0, 0.1) is 5.82 Å². The first-order valence-electron chi connectivity index (χ1n) is 6.03. The largest absolute Gasteiger partial charge is 0.383 e. The van der Waals surface area contributed by atoms with Gasteiger partial charge in [0.15, 0.2) is 0 Å². The van der Waals surface area contributed by atoms with Gasteiger partial charge in [0.05, 0.1) is 11.6 Å². The second-order valence-corrected chi connectivity index (χ2v) is 4.43. The number of carbonyl (C=O) groups is 1. The zero-order chi connectivity index (χ0) is 14.1. The zero-order valence-electron chi connectivity index (χ0n) is 10.8. The van der Waals surface area contributed by atoms with E-state index in [4.69, 9.17) is 16.3 Å². The standard InChI is InChI=1S/C13H18ClFN2O2/c1-19-7-6-17-13(18)4-5-16-9-10-2-3-12(15)11(14)8-10/h2-3,8,16H,4-7,9H2,1H3,(H,17,18). The molecule has 0 atom stereocenters. The highest BCUT2D eigenvalue weighted by molar-refractivity contribution is 6.30. The molecule has 1 amide bonds. The molecule has 4 nitrogen and oxygen atoms in total. The van der Waals surface area contributed by atoms with Gasteiger partial charge in [-0.1, -0.05) is 17.7 Å². The summed E-state index contributed by atoms with van der Waals surface area (Å²) >= 11 is 5.67. The third-order valence-electron chi connectivity index (χ3n) is 2.47. The van der Waals surface area contributed by atoms with E-state index in [9.17, 15) is 9.18 Å². The van der Waals surface area contributed by atoms with E-state index in [-0.39, 0.29) is 10.9 Å². The number of methoxy groups -OCH3 is 1. The molecule has 0 unspecified atom stereocenters. The topological polar surface area (TPSA) is 50.4 Å². The van der Waals surface area contributed by atoms with Crippen LogP contribution in [0.15, 0.2) is 18.2 Å². The highest BCUT2D eigenvalue weighted by Gasteiger charge is 2.02. The molecule has 1 aromatic carbocycles. The second-order valence-electron chi connectivity index (χ2n) is 4.02. The molecule has 0 aliphatic rings. The van der Waals surface area contributed by atoms with Crippen LogP contribution in [0.5, 0.6) is 0 Å². The maximum atomic E-state index is 12.9. The molecule has 0 saturated heterocycles. The lowest BCUT2D eigenvalue weighted by molar-refractivity contribution is -0.121. The van der Waals surface area contributed by atoms with Crippen LogP contribution in [0.25, 0.3) is 0 Å². The monoisotopic (exact) mass is 288 g/mol. The third-order valence-corrected chi connectivity index (χ3v) is 2.76. The molecule has 1 rings (SSSR count). The molecule has 19 heavy (non-hydrogen) atoms. The molecule has 0 bridgehead atoms. The summed E-state index contributed by atoms with van der Waals surface area (Å²) in [6.07, 6.45) is 0.388. The molecule has 0 spiro atoms. The summed E-state index contributed by atoms with van der Waals surface area (Å²) in [6, 6.07) is 4.56. The van der Waals surface area contributed by atoms with E-state index in [1.54, 1.807) is 19.2 Å². The van der Waals surface area contributed by atoms with Crippen molar-refractivity contribution >= 4 is 17.5 Å². The van der Waals surface area contributed by atoms with Crippen LogP contribution in [0.2, 0.25) is 5.02 Å². The Hall–Kier alpha value is -1.17. The Morgan fingerprint density at radius 1 is 1.42 bits per heavy atom. The van der Waals surface area contributed by atoms with Crippen LogP contribution < -0.4 is 10.6 Å². The number of nitrogens with one attached hydrogen (secondary N) is 2. The second kappa shape index (κ2) is 8.85. The van der Waals surface area contributed by atoms with E-state index < -0.39 is 5.82 Å². The lowest BCUT2D eigenvalue weighted by Crippen LogP contribution is -2.29. The number of benzene rings is 1. The Kier molecular flexibility index (Phi) is 7.40. The van der Waals surface area contributed by atoms with Crippen molar-refractivity contribution in [2.45, 2.75) is 13.0 Å². The molecular formula is C13H18ClFN2O2. The van der Waals surface area contributed by atoms with Gasteiger partial charge in [-0.25, -0.2) is 4.39 Å². The summed E-state index contributed by atoms with van der Waals surface area (Å²) < 4.78 is 17.7. The molecule has 6 heteroatoms. The van der Waals surface area contributed by atoms with Gasteiger partial charge in [0.1, 0.15) is 5.82 Å². The minimum Gasteiger partial charge on any atom is -0.383 e. The summed E-state index contributed by atoms with van der Waals surface area (Å²) in [6.45, 7) is 2.12. The summed E-state index contributed by atoms with van der Waals surface area (Å²) in [5.74, 6) is -0.454. The molecule has 0 aliphatic carbocycles. The first-order valence-corrected chi connectivity index (χ1v) is 6.41. The summed E-state index contributed by atoms with van der Waals surface area (Å²) in [5.41, 5.74) is 0.881. The molecule has 0 aromatic heterocycles. The van der Waals surface area contributed by atoms with Crippen LogP contribution >= 0.6 is 11.6 Å². The lowest BCUT2D eigenvalue weighted by Gasteiger charge is -2.06. The third kappa shape index (κ3) is 6.52. The van der Waals surface area contributed by atoms with Crippen LogP contribution in [0.3, 0.4) is 0 Å². The minimum absolute atomic E-state index is 0.0262. The van der Waals surface area contributed by atoms with E-state index >= 15 is 0 Å². The lowest BCUT2D eigenvalue weighted by atomic mass is 10.2. The molecule has 0 aliphatic heterocycles. The summed E-state index contributed by atoms with van der Waals surface area (Å²) in [5, 5.41) is 5.93. The SMILES string of the molecule is COCCNC(=O)CCNCc1ccc(F)c(Cl)c1. The Bertz CT molecular complexity index is 416. The maximum absolute atomic E-state index is 12.9. The first kappa shape index (κ1) is 15.9. The highest BCUT2D eigenvalue weighted by Crippen LogP contribution is 2.15. The van der Waals surface area contributed by atoms with Crippen molar-refractivity contribution in [3.05, 3.63) is 34.6 Å². The number of rotatable bonds is 8. The van der Waals surface area contributed by atoms with E-state index in [2.05, 4.69) is 10.6 Å². The van der Waals surface area contributed by atoms with Gasteiger partial charge in [0, 0.05) is 33.2 Å². The van der Waals surface area contributed by atoms with E-state index in [0.717, 1.165) is 5.56 Å². The quantitative estimate of drug-likeness (QED) is 0.716. The van der Waals surface area contributed by atoms with Crippen molar-refractivity contribution in [2.75, 3.05) is 26.8 Å². The molecular weight excluding hydrogens is 271 g/mol. The Labute approximate surface area is 117 Å². The number of hydrogen-bond donors (Lipinski definition) is 2. The number of carbonyl (C=O) groups excluding carboxylic acids is 1. The van der Waals surface area contributed by atoms with Crippen molar-refractivity contribution in [1.29, 1.82) is 0 Å². The van der Waals surface area contributed by atoms with Crippen LogP contribution in [-0.4, -0.2) is 32.7 Å². The van der Waals surface area contributed by atoms with E-state index in [1.807, 2.05) is 0 Å². The van der Waals surface area contributed by atoms with Gasteiger partial charge in [-0.15, -0.1) is 0 Å². The average molecular weight is 289 g/mol. The van der Waals surface area contributed by atoms with Crippen molar-refractivity contribution in [3.63, 3.8) is 0 Å². The fourth-order valence-electron chi connectivity index (χ4n) is 1.47. The van der Waals surface area contributed by atoms with Crippen molar-refractivity contribution in [2.24, 2.45) is 0 Å². The Balaban J connectivity index is 2.16. The molecule has 0 radical (unpaired) electrons. The highest BCUT2D eigenvalue weighted by atomic mass is 35.5. The summed E-state index contributed by atoms with van der Waals surface area (Å²) in [7, 11) is 1.58. The minimum atomic E-state index is -0.428. The molecule has 1 aromatic rings. The van der Waals surface area contributed by atoms with Gasteiger partial charge in [0.2, 0.25) is 5.91 Å². The average Bonchev–Trinajstić information content (AvgIpc) is 2.39. The molecule has 0 fully saturated rings. The predicted molar refractivity (Wildman–Crippen MR) is 72.6 cm³/mol. The van der Waals surface area contributed by atoms with Crippen LogP contribution in [0.1, 0.15) is 12.0 Å². The number of halogens is 2. The van der Waals surface area contributed by atoms with Crippen molar-refractivity contribution < 1.29 is 13.9 Å². The maximum Gasteiger partial charge on any atom is 0.221 e. The van der Waals surface area contributed by atoms with Crippen LogP contribution in [-0.2, 0) is 16.1 Å². The number of hydrogen-bond acceptors (Lipinski definition) is 3. The van der Waals surface area contributed by atoms with Gasteiger partial charge in [-0.05, 0) is 17.7 Å². The van der Waals surface area contributed by atoms with Gasteiger partial charge < -0.3 is 15.4 Å². The predicted octanol–water partition coefficient (Wildman–Crippen LogP) is 1.72. The molecule has 106 valence electrons. The van der Waals surface area contributed by atoms with Crippen molar-refractivity contribution in [3.8, 4) is 0 Å². The van der Waals surface area contributed by atoms with Gasteiger partial charge >= 0.3 is 0 Å².